The largest absolute Gasteiger partial charge is 0.450 e. The van der Waals surface area contributed by atoms with Crippen LogP contribution in [0, 0.1) is 11.6 Å². The second kappa shape index (κ2) is 10.0. The molecule has 3 N–H and O–H groups in total. The number of nitrogens with one attached hydrogen (secondary N) is 3. The van der Waals surface area contributed by atoms with Crippen LogP contribution in [0.4, 0.5) is 30.8 Å². The van der Waals surface area contributed by atoms with Gasteiger partial charge in [-0.25, -0.2) is 28.6 Å². The third kappa shape index (κ3) is 4.75. The van der Waals surface area contributed by atoms with Gasteiger partial charge in [-0.3, -0.25) is 14.9 Å². The molecule has 2 amide bonds. The zero-order valence-electron chi connectivity index (χ0n) is 17.7. The molecule has 3 rings (SSSR count). The summed E-state index contributed by atoms with van der Waals surface area (Å²) < 4.78 is 35.0. The SMILES string of the molecule is CCCc1c(NC(=O)OCC)cn2ncnc(Nc3cc(C(=O)NOC)c(F)cc3F)c12. The first-order valence-corrected chi connectivity index (χ1v) is 9.77. The van der Waals surface area contributed by atoms with E-state index in [4.69, 9.17) is 4.74 Å². The standard InChI is InChI=1S/C20H22F2N6O4/c1-4-6-11-16(26-20(30)32-5-2)9-28-17(11)18(23-10-24-28)25-15-7-12(19(29)27-31-3)13(21)8-14(15)22/h7-10H,4-6H2,1-3H3,(H,26,30)(H,27,29)(H,23,24,25). The van der Waals surface area contributed by atoms with E-state index < -0.39 is 29.2 Å². The molecule has 0 aliphatic rings. The molecule has 12 heteroatoms. The number of anilines is 3. The van der Waals surface area contributed by atoms with Crippen molar-refractivity contribution in [3.05, 3.63) is 47.4 Å². The summed E-state index contributed by atoms with van der Waals surface area (Å²) in [6, 6.07) is 1.60. The van der Waals surface area contributed by atoms with Gasteiger partial charge < -0.3 is 10.1 Å². The summed E-state index contributed by atoms with van der Waals surface area (Å²) in [7, 11) is 1.19. The molecule has 170 valence electrons. The van der Waals surface area contributed by atoms with E-state index in [9.17, 15) is 18.4 Å². The summed E-state index contributed by atoms with van der Waals surface area (Å²) in [5.41, 5.74) is 3.03. The Morgan fingerprint density at radius 3 is 2.62 bits per heavy atom. The van der Waals surface area contributed by atoms with Crippen LogP contribution in [0.2, 0.25) is 0 Å². The van der Waals surface area contributed by atoms with Crippen molar-refractivity contribution >= 4 is 34.7 Å². The van der Waals surface area contributed by atoms with E-state index in [0.29, 0.717) is 29.3 Å². The number of aryl methyl sites for hydroxylation is 1. The molecular formula is C20H22F2N6O4. The summed E-state index contributed by atoms with van der Waals surface area (Å²) in [4.78, 5) is 32.6. The van der Waals surface area contributed by atoms with Crippen molar-refractivity contribution in [2.24, 2.45) is 0 Å². The molecule has 0 radical (unpaired) electrons. The van der Waals surface area contributed by atoms with Crippen molar-refractivity contribution in [1.82, 2.24) is 20.1 Å². The van der Waals surface area contributed by atoms with Gasteiger partial charge in [0.2, 0.25) is 0 Å². The zero-order chi connectivity index (χ0) is 23.3. The van der Waals surface area contributed by atoms with Crippen LogP contribution in [0.3, 0.4) is 0 Å². The third-order valence-corrected chi connectivity index (χ3v) is 4.44. The fraction of sp³-hybridized carbons (Fsp3) is 0.300. The first-order valence-electron chi connectivity index (χ1n) is 9.77. The summed E-state index contributed by atoms with van der Waals surface area (Å²) >= 11 is 0. The predicted octanol–water partition coefficient (Wildman–Crippen LogP) is 3.56. The Bertz CT molecular complexity index is 1150. The van der Waals surface area contributed by atoms with Gasteiger partial charge in [-0.15, -0.1) is 0 Å². The van der Waals surface area contributed by atoms with Gasteiger partial charge in [0.25, 0.3) is 5.91 Å². The van der Waals surface area contributed by atoms with E-state index in [0.717, 1.165) is 12.5 Å². The third-order valence-electron chi connectivity index (χ3n) is 4.44. The minimum absolute atomic E-state index is 0.184. The van der Waals surface area contributed by atoms with Crippen LogP contribution in [0.25, 0.3) is 5.52 Å². The van der Waals surface area contributed by atoms with Crippen molar-refractivity contribution in [3.63, 3.8) is 0 Å². The number of ether oxygens (including phenoxy) is 1. The molecule has 2 aromatic heterocycles. The van der Waals surface area contributed by atoms with Crippen LogP contribution in [-0.2, 0) is 16.0 Å². The normalized spacial score (nSPS) is 10.8. The number of hydroxylamine groups is 1. The number of hydrogen-bond donors (Lipinski definition) is 3. The van der Waals surface area contributed by atoms with Gasteiger partial charge in [0.1, 0.15) is 23.5 Å². The number of nitrogens with zero attached hydrogens (tertiary/aromatic N) is 3. The molecule has 0 atom stereocenters. The number of fused-ring (bicyclic) bond motifs is 1. The van der Waals surface area contributed by atoms with E-state index in [-0.39, 0.29) is 18.1 Å². The maximum atomic E-state index is 14.5. The van der Waals surface area contributed by atoms with Crippen LogP contribution in [-0.4, -0.2) is 40.3 Å². The highest BCUT2D eigenvalue weighted by Crippen LogP contribution is 2.31. The Hall–Kier alpha value is -3.80. The minimum Gasteiger partial charge on any atom is -0.450 e. The van der Waals surface area contributed by atoms with Gasteiger partial charge in [-0.1, -0.05) is 13.3 Å². The van der Waals surface area contributed by atoms with E-state index in [1.807, 2.05) is 12.4 Å². The molecule has 10 nitrogen and oxygen atoms in total. The van der Waals surface area contributed by atoms with Crippen molar-refractivity contribution in [1.29, 1.82) is 0 Å². The van der Waals surface area contributed by atoms with E-state index >= 15 is 0 Å². The number of rotatable bonds is 8. The number of carbonyl (C=O) groups excluding carboxylic acids is 2. The highest BCUT2D eigenvalue weighted by Gasteiger charge is 2.20. The van der Waals surface area contributed by atoms with Crippen LogP contribution in [0.1, 0.15) is 36.2 Å². The van der Waals surface area contributed by atoms with Gasteiger partial charge in [0.05, 0.1) is 36.9 Å². The highest BCUT2D eigenvalue weighted by atomic mass is 19.1. The van der Waals surface area contributed by atoms with Gasteiger partial charge in [0.15, 0.2) is 5.82 Å². The molecule has 0 aliphatic carbocycles. The monoisotopic (exact) mass is 448 g/mol. The Morgan fingerprint density at radius 1 is 1.16 bits per heavy atom. The molecule has 0 fully saturated rings. The molecule has 0 aliphatic heterocycles. The second-order valence-electron chi connectivity index (χ2n) is 6.59. The number of amides is 2. The average molecular weight is 448 g/mol. The number of halogens is 2. The average Bonchev–Trinajstić information content (AvgIpc) is 3.08. The van der Waals surface area contributed by atoms with Crippen LogP contribution in [0.5, 0.6) is 0 Å². The molecule has 2 heterocycles. The lowest BCUT2D eigenvalue weighted by Gasteiger charge is -2.12. The molecule has 0 bridgehead atoms. The number of carbonyl (C=O) groups is 2. The Labute approximate surface area is 181 Å². The quantitative estimate of drug-likeness (QED) is 0.451. The van der Waals surface area contributed by atoms with Crippen molar-refractivity contribution in [2.45, 2.75) is 26.7 Å². The fourth-order valence-electron chi connectivity index (χ4n) is 3.15. The molecule has 0 spiro atoms. The van der Waals surface area contributed by atoms with Crippen molar-refractivity contribution in [3.8, 4) is 0 Å². The maximum Gasteiger partial charge on any atom is 0.411 e. The maximum absolute atomic E-state index is 14.5. The summed E-state index contributed by atoms with van der Waals surface area (Å²) in [5, 5.41) is 9.60. The lowest BCUT2D eigenvalue weighted by Crippen LogP contribution is -2.23. The highest BCUT2D eigenvalue weighted by molar-refractivity contribution is 5.95. The molecule has 32 heavy (non-hydrogen) atoms. The first kappa shape index (κ1) is 22.9. The van der Waals surface area contributed by atoms with Crippen molar-refractivity contribution < 1.29 is 27.9 Å². The Kier molecular flexibility index (Phi) is 7.15. The van der Waals surface area contributed by atoms with Crippen LogP contribution < -0.4 is 16.1 Å². The Balaban J connectivity index is 2.06. The van der Waals surface area contributed by atoms with Gasteiger partial charge in [-0.2, -0.15) is 5.10 Å². The molecule has 0 saturated heterocycles. The van der Waals surface area contributed by atoms with E-state index in [1.165, 1.54) is 18.0 Å². The summed E-state index contributed by atoms with van der Waals surface area (Å²) in [6.07, 6.45) is 3.48. The Morgan fingerprint density at radius 2 is 1.94 bits per heavy atom. The number of aromatic nitrogens is 3. The topological polar surface area (TPSA) is 119 Å². The smallest absolute Gasteiger partial charge is 0.411 e. The van der Waals surface area contributed by atoms with Gasteiger partial charge >= 0.3 is 6.09 Å². The molecule has 1 aromatic carbocycles. The molecular weight excluding hydrogens is 426 g/mol. The van der Waals surface area contributed by atoms with Gasteiger partial charge in [-0.05, 0) is 19.4 Å². The second-order valence-corrected chi connectivity index (χ2v) is 6.59. The number of hydrogen-bond acceptors (Lipinski definition) is 7. The lowest BCUT2D eigenvalue weighted by atomic mass is 10.1. The molecule has 3 aromatic rings. The summed E-state index contributed by atoms with van der Waals surface area (Å²) in [6.45, 7) is 3.85. The zero-order valence-corrected chi connectivity index (χ0v) is 17.7. The van der Waals surface area contributed by atoms with E-state index in [2.05, 4.69) is 25.6 Å². The molecule has 0 saturated carbocycles. The van der Waals surface area contributed by atoms with Gasteiger partial charge in [0, 0.05) is 11.6 Å². The van der Waals surface area contributed by atoms with Crippen LogP contribution in [0.15, 0.2) is 24.7 Å². The fourth-order valence-corrected chi connectivity index (χ4v) is 3.15. The van der Waals surface area contributed by atoms with Crippen molar-refractivity contribution in [2.75, 3.05) is 24.4 Å². The predicted molar refractivity (Wildman–Crippen MR) is 112 cm³/mol. The number of benzene rings is 1. The first-order chi connectivity index (χ1) is 15.4. The lowest BCUT2D eigenvalue weighted by molar-refractivity contribution is 0.0533. The minimum atomic E-state index is -1.05. The van der Waals surface area contributed by atoms with Crippen LogP contribution >= 0.6 is 0 Å². The molecule has 0 unspecified atom stereocenters. The van der Waals surface area contributed by atoms with E-state index in [1.54, 1.807) is 13.1 Å². The summed E-state index contributed by atoms with van der Waals surface area (Å²) in [5.74, 6) is -2.66.